The molecular formula is C21H27F2N2O2-. The fourth-order valence-electron chi connectivity index (χ4n) is 3.62. The predicted octanol–water partition coefficient (Wildman–Crippen LogP) is 5.25. The Morgan fingerprint density at radius 3 is 2.52 bits per heavy atom. The molecule has 2 atom stereocenters. The summed E-state index contributed by atoms with van der Waals surface area (Å²) in [4.78, 5) is 24.6. The van der Waals surface area contributed by atoms with Gasteiger partial charge in [-0.15, -0.1) is 6.58 Å². The van der Waals surface area contributed by atoms with Crippen LogP contribution in [0.2, 0.25) is 0 Å². The van der Waals surface area contributed by atoms with Gasteiger partial charge in [0.1, 0.15) is 17.4 Å². The maximum atomic E-state index is 14.3. The third-order valence-electron chi connectivity index (χ3n) is 5.15. The van der Waals surface area contributed by atoms with E-state index in [-0.39, 0.29) is 36.1 Å². The van der Waals surface area contributed by atoms with Gasteiger partial charge >= 0.3 is 0 Å². The number of halogens is 2. The molecule has 6 heteroatoms. The van der Waals surface area contributed by atoms with Gasteiger partial charge in [-0.1, -0.05) is 25.8 Å². The van der Waals surface area contributed by atoms with Gasteiger partial charge in [0.2, 0.25) is 5.91 Å². The molecule has 0 bridgehead atoms. The van der Waals surface area contributed by atoms with E-state index in [1.165, 1.54) is 12.1 Å². The highest BCUT2D eigenvalue weighted by Gasteiger charge is 2.31. The molecule has 1 saturated carbocycles. The van der Waals surface area contributed by atoms with Crippen LogP contribution >= 0.6 is 0 Å². The number of ketones is 1. The van der Waals surface area contributed by atoms with Crippen molar-refractivity contribution in [3.63, 3.8) is 0 Å². The number of carbonyl (C=O) groups is 2. The monoisotopic (exact) mass is 377 g/mol. The number of hydrogen-bond donors (Lipinski definition) is 1. The Morgan fingerprint density at radius 2 is 1.93 bits per heavy atom. The quantitative estimate of drug-likeness (QED) is 0.638. The van der Waals surface area contributed by atoms with Crippen LogP contribution in [0.4, 0.5) is 8.78 Å². The van der Waals surface area contributed by atoms with Crippen LogP contribution < -0.4 is 5.32 Å². The van der Waals surface area contributed by atoms with Crippen molar-refractivity contribution in [1.82, 2.24) is 5.32 Å². The molecule has 4 nitrogen and oxygen atoms in total. The van der Waals surface area contributed by atoms with Gasteiger partial charge in [0.25, 0.3) is 0 Å². The molecule has 27 heavy (non-hydrogen) atoms. The highest BCUT2D eigenvalue weighted by molar-refractivity contribution is 5.86. The SMILES string of the molecule is C=C([NH-])CCC(=O)C[C@H](C)C(=O)N[C@@H](c1ccc(F)cc1F)C1CCCC1. The van der Waals surface area contributed by atoms with Crippen LogP contribution in [0.5, 0.6) is 0 Å². The first kappa shape index (κ1) is 21.1. The Morgan fingerprint density at radius 1 is 1.26 bits per heavy atom. The van der Waals surface area contributed by atoms with E-state index in [0.29, 0.717) is 12.0 Å². The van der Waals surface area contributed by atoms with Crippen molar-refractivity contribution in [2.45, 2.75) is 57.9 Å². The van der Waals surface area contributed by atoms with Crippen LogP contribution in [-0.4, -0.2) is 11.7 Å². The zero-order valence-corrected chi connectivity index (χ0v) is 15.7. The number of amides is 1. The summed E-state index contributed by atoms with van der Waals surface area (Å²) < 4.78 is 27.6. The topological polar surface area (TPSA) is 70.0 Å². The molecule has 0 radical (unpaired) electrons. The van der Waals surface area contributed by atoms with E-state index in [1.54, 1.807) is 6.92 Å². The summed E-state index contributed by atoms with van der Waals surface area (Å²) in [6.07, 6.45) is 4.34. The first-order valence-corrected chi connectivity index (χ1v) is 9.44. The third kappa shape index (κ3) is 6.15. The number of benzene rings is 1. The van der Waals surface area contributed by atoms with Crippen molar-refractivity contribution < 1.29 is 18.4 Å². The van der Waals surface area contributed by atoms with Crippen LogP contribution in [0.1, 0.15) is 63.5 Å². The fourth-order valence-corrected chi connectivity index (χ4v) is 3.62. The number of allylic oxidation sites excluding steroid dienone is 1. The fraction of sp³-hybridized carbons (Fsp3) is 0.524. The largest absolute Gasteiger partial charge is 0.703 e. The van der Waals surface area contributed by atoms with Crippen LogP contribution in [0.3, 0.4) is 0 Å². The number of hydrogen-bond acceptors (Lipinski definition) is 2. The highest BCUT2D eigenvalue weighted by Crippen LogP contribution is 2.37. The first-order chi connectivity index (χ1) is 12.8. The maximum absolute atomic E-state index is 14.3. The highest BCUT2D eigenvalue weighted by atomic mass is 19.1. The summed E-state index contributed by atoms with van der Waals surface area (Å²) in [6, 6.07) is 2.91. The second-order valence-electron chi connectivity index (χ2n) is 7.44. The zero-order valence-electron chi connectivity index (χ0n) is 15.7. The van der Waals surface area contributed by atoms with E-state index >= 15 is 0 Å². The number of nitrogens with one attached hydrogen (secondary N) is 2. The van der Waals surface area contributed by atoms with E-state index in [9.17, 15) is 18.4 Å². The summed E-state index contributed by atoms with van der Waals surface area (Å²) >= 11 is 0. The van der Waals surface area contributed by atoms with Crippen molar-refractivity contribution in [2.75, 3.05) is 0 Å². The summed E-state index contributed by atoms with van der Waals surface area (Å²) in [7, 11) is 0. The van der Waals surface area contributed by atoms with E-state index in [0.717, 1.165) is 31.7 Å². The Kier molecular flexibility index (Phi) is 7.51. The van der Waals surface area contributed by atoms with Gasteiger partial charge in [0, 0.05) is 30.4 Å². The van der Waals surface area contributed by atoms with Crippen LogP contribution in [0.25, 0.3) is 5.73 Å². The van der Waals surface area contributed by atoms with E-state index < -0.39 is 23.6 Å². The molecule has 0 aromatic heterocycles. The number of Topliss-reactive ketones (excluding diaryl/α,β-unsaturated/α-hetero) is 1. The smallest absolute Gasteiger partial charge is 0.223 e. The molecule has 1 aromatic rings. The molecule has 1 aliphatic carbocycles. The Hall–Kier alpha value is -2.24. The van der Waals surface area contributed by atoms with Gasteiger partial charge in [-0.25, -0.2) is 8.78 Å². The molecule has 2 rings (SSSR count). The Bertz CT molecular complexity index is 699. The van der Waals surface area contributed by atoms with Crippen molar-refractivity contribution >= 4 is 11.7 Å². The average molecular weight is 377 g/mol. The molecule has 0 aliphatic heterocycles. The van der Waals surface area contributed by atoms with E-state index in [1.807, 2.05) is 0 Å². The zero-order chi connectivity index (χ0) is 20.0. The van der Waals surface area contributed by atoms with Gasteiger partial charge in [-0.3, -0.25) is 9.59 Å². The van der Waals surface area contributed by atoms with E-state index in [4.69, 9.17) is 5.73 Å². The van der Waals surface area contributed by atoms with Crippen LogP contribution in [0, 0.1) is 23.5 Å². The average Bonchev–Trinajstić information content (AvgIpc) is 3.12. The molecule has 0 heterocycles. The normalized spacial score (nSPS) is 16.7. The molecule has 1 aliphatic rings. The van der Waals surface area contributed by atoms with Crippen LogP contribution in [0.15, 0.2) is 30.5 Å². The molecule has 0 spiro atoms. The molecular weight excluding hydrogens is 350 g/mol. The Labute approximate surface area is 159 Å². The minimum absolute atomic E-state index is 0.0718. The van der Waals surface area contributed by atoms with Gasteiger partial charge in [-0.05, 0) is 31.2 Å². The summed E-state index contributed by atoms with van der Waals surface area (Å²) in [5.41, 5.74) is 7.75. The molecule has 0 saturated heterocycles. The molecule has 148 valence electrons. The molecule has 2 N–H and O–H groups in total. The van der Waals surface area contributed by atoms with Crippen molar-refractivity contribution in [3.8, 4) is 0 Å². The lowest BCUT2D eigenvalue weighted by Gasteiger charge is -2.27. The summed E-state index contributed by atoms with van der Waals surface area (Å²) in [5.74, 6) is -2.18. The molecule has 1 amide bonds. The number of rotatable bonds is 9. The van der Waals surface area contributed by atoms with Crippen molar-refractivity contribution in [2.24, 2.45) is 11.8 Å². The third-order valence-corrected chi connectivity index (χ3v) is 5.15. The van der Waals surface area contributed by atoms with Crippen LogP contribution in [-0.2, 0) is 9.59 Å². The molecule has 0 unspecified atom stereocenters. The van der Waals surface area contributed by atoms with Crippen molar-refractivity contribution in [1.29, 1.82) is 0 Å². The van der Waals surface area contributed by atoms with Crippen molar-refractivity contribution in [3.05, 3.63) is 53.4 Å². The maximum Gasteiger partial charge on any atom is 0.223 e. The minimum Gasteiger partial charge on any atom is -0.703 e. The predicted molar refractivity (Wildman–Crippen MR) is 101 cm³/mol. The van der Waals surface area contributed by atoms with Gasteiger partial charge in [0.05, 0.1) is 6.04 Å². The minimum atomic E-state index is -0.662. The Balaban J connectivity index is 2.06. The summed E-state index contributed by atoms with van der Waals surface area (Å²) in [5, 5.41) is 2.90. The number of carbonyl (C=O) groups excluding carboxylic acids is 2. The van der Waals surface area contributed by atoms with Gasteiger partial charge in [0.15, 0.2) is 0 Å². The van der Waals surface area contributed by atoms with Gasteiger partial charge < -0.3 is 11.1 Å². The van der Waals surface area contributed by atoms with Gasteiger partial charge in [-0.2, -0.15) is 5.70 Å². The second kappa shape index (κ2) is 9.62. The second-order valence-corrected chi connectivity index (χ2v) is 7.44. The lowest BCUT2D eigenvalue weighted by molar-refractivity contribution is -0.129. The molecule has 1 fully saturated rings. The standard InChI is InChI=1S/C21H27F2N2O2/c1-13(11-17(26)9-7-14(2)24)21(27)25-20(15-5-3-4-6-15)18-10-8-16(22)12-19(18)23/h8,10,12-13,15,20,24H,2-7,9,11H2,1H3,(H,25,27)/q-1/t13-,20+/m0/s1. The summed E-state index contributed by atoms with van der Waals surface area (Å²) in [6.45, 7) is 5.11. The lowest BCUT2D eigenvalue weighted by Crippen LogP contribution is -2.37. The lowest BCUT2D eigenvalue weighted by atomic mass is 9.90. The first-order valence-electron chi connectivity index (χ1n) is 9.44. The van der Waals surface area contributed by atoms with E-state index in [2.05, 4.69) is 11.9 Å². The molecule has 1 aromatic carbocycles.